The van der Waals surface area contributed by atoms with Crippen molar-refractivity contribution in [3.8, 4) is 5.75 Å². The second kappa shape index (κ2) is 6.27. The molecule has 0 bridgehead atoms. The Morgan fingerprint density at radius 1 is 1.53 bits per heavy atom. The van der Waals surface area contributed by atoms with Crippen LogP contribution in [0.5, 0.6) is 5.75 Å². The van der Waals surface area contributed by atoms with Gasteiger partial charge >= 0.3 is 5.97 Å². The van der Waals surface area contributed by atoms with Gasteiger partial charge in [-0.05, 0) is 18.2 Å². The van der Waals surface area contributed by atoms with Crippen LogP contribution < -0.4 is 4.74 Å². The monoisotopic (exact) mass is 340 g/mol. The zero-order chi connectivity index (χ0) is 14.6. The molecule has 3 nitrogen and oxygen atoms in total. The molecule has 1 aromatic carbocycles. The van der Waals surface area contributed by atoms with Gasteiger partial charge in [0, 0.05) is 17.8 Å². The summed E-state index contributed by atoms with van der Waals surface area (Å²) < 4.78 is 44.4. The van der Waals surface area contributed by atoms with Gasteiger partial charge in [0.2, 0.25) is 0 Å². The number of rotatable bonds is 6. The maximum Gasteiger partial charge on any atom is 0.344 e. The normalized spacial score (nSPS) is 13.1. The molecule has 0 heterocycles. The number of carbonyl (C=O) groups is 1. The van der Waals surface area contributed by atoms with E-state index in [2.05, 4.69) is 15.9 Å². The van der Waals surface area contributed by atoms with Crippen molar-refractivity contribution < 1.29 is 27.8 Å². The minimum absolute atomic E-state index is 0.267. The van der Waals surface area contributed by atoms with Crippen molar-refractivity contribution in [3.05, 3.63) is 28.2 Å². The number of carboxylic acid groups (broad SMARTS) is 1. The molecule has 0 radical (unpaired) electrons. The Labute approximate surface area is 116 Å². The van der Waals surface area contributed by atoms with E-state index in [-0.39, 0.29) is 5.75 Å². The first kappa shape index (κ1) is 15.8. The molecule has 0 spiro atoms. The largest absolute Gasteiger partial charge is 0.479 e. The van der Waals surface area contributed by atoms with Gasteiger partial charge in [0.25, 0.3) is 5.92 Å². The van der Waals surface area contributed by atoms with Crippen molar-refractivity contribution in [2.24, 2.45) is 0 Å². The summed E-state index contributed by atoms with van der Waals surface area (Å²) in [5.41, 5.74) is -0.452. The molecule has 0 fully saturated rings. The first-order chi connectivity index (χ1) is 8.75. The lowest BCUT2D eigenvalue weighted by Crippen LogP contribution is -2.28. The van der Waals surface area contributed by atoms with Crippen LogP contribution in [0.2, 0.25) is 0 Å². The van der Waals surface area contributed by atoms with Crippen molar-refractivity contribution >= 4 is 21.9 Å². The van der Waals surface area contributed by atoms with Gasteiger partial charge in [0.1, 0.15) is 5.75 Å². The highest BCUT2D eigenvalue weighted by atomic mass is 79.9. The number of halogens is 4. The van der Waals surface area contributed by atoms with Crippen LogP contribution in [0.4, 0.5) is 13.2 Å². The van der Waals surface area contributed by atoms with Crippen molar-refractivity contribution in [1.29, 1.82) is 0 Å². The van der Waals surface area contributed by atoms with Crippen LogP contribution in [0.15, 0.2) is 22.7 Å². The van der Waals surface area contributed by atoms with Crippen LogP contribution in [0.3, 0.4) is 0 Å². The molecule has 0 aromatic heterocycles. The molecule has 1 rings (SSSR count). The number of benzene rings is 1. The average molecular weight is 341 g/mol. The lowest BCUT2D eigenvalue weighted by molar-refractivity contribution is -0.145. The minimum atomic E-state index is -3.20. The van der Waals surface area contributed by atoms with Crippen LogP contribution in [-0.4, -0.2) is 23.9 Å². The van der Waals surface area contributed by atoms with Crippen molar-refractivity contribution in [2.75, 3.05) is 6.67 Å². The molecule has 0 unspecified atom stereocenters. The summed E-state index contributed by atoms with van der Waals surface area (Å²) in [5, 5.41) is 8.83. The van der Waals surface area contributed by atoms with Gasteiger partial charge in [-0.1, -0.05) is 15.9 Å². The van der Waals surface area contributed by atoms with E-state index in [0.29, 0.717) is 11.4 Å². The smallest absolute Gasteiger partial charge is 0.344 e. The summed E-state index contributed by atoms with van der Waals surface area (Å²) in [7, 11) is 0. The molecule has 106 valence electrons. The van der Waals surface area contributed by atoms with Gasteiger partial charge in [0.05, 0.1) is 12.2 Å². The van der Waals surface area contributed by atoms with E-state index in [1.165, 1.54) is 12.1 Å². The number of hydrogen-bond acceptors (Lipinski definition) is 2. The second-order valence-electron chi connectivity index (χ2n) is 3.95. The number of ether oxygens (including phenoxy) is 1. The quantitative estimate of drug-likeness (QED) is 0.857. The Kier molecular flexibility index (Phi) is 5.22. The number of hydrogen-bond donors (Lipinski definition) is 1. The third-order valence-corrected chi connectivity index (χ3v) is 2.82. The summed E-state index contributed by atoms with van der Waals surface area (Å²) in [6.07, 6.45) is -1.90. The number of alkyl halides is 3. The second-order valence-corrected chi connectivity index (χ2v) is 4.87. The Hall–Kier alpha value is -1.24. The summed E-state index contributed by atoms with van der Waals surface area (Å²) in [6.45, 7) is -0.238. The van der Waals surface area contributed by atoms with Crippen LogP contribution in [0.1, 0.15) is 18.9 Å². The Balaban J connectivity index is 3.09. The lowest BCUT2D eigenvalue weighted by atomic mass is 10.1. The summed E-state index contributed by atoms with van der Waals surface area (Å²) in [4.78, 5) is 10.8. The van der Waals surface area contributed by atoms with Crippen LogP contribution in [0, 0.1) is 0 Å². The van der Waals surface area contributed by atoms with E-state index in [1.807, 2.05) is 0 Å². The predicted molar refractivity (Wildman–Crippen MR) is 66.4 cm³/mol. The molecule has 0 aliphatic carbocycles. The van der Waals surface area contributed by atoms with Crippen LogP contribution in [-0.2, 0) is 10.7 Å². The van der Waals surface area contributed by atoms with Crippen LogP contribution in [0.25, 0.3) is 0 Å². The molecule has 7 heteroatoms. The zero-order valence-electron chi connectivity index (χ0n) is 10.00. The average Bonchev–Trinajstić information content (AvgIpc) is 2.29. The van der Waals surface area contributed by atoms with Gasteiger partial charge in [0.15, 0.2) is 6.10 Å². The first-order valence-electron chi connectivity index (χ1n) is 5.39. The third kappa shape index (κ3) is 4.41. The van der Waals surface area contributed by atoms with Crippen LogP contribution >= 0.6 is 15.9 Å². The highest BCUT2D eigenvalue weighted by molar-refractivity contribution is 9.10. The SMILES string of the molecule is CC(F)(F)c1cc(Br)ccc1O[C@@H](CCF)C(=O)O. The Morgan fingerprint density at radius 3 is 2.63 bits per heavy atom. The molecule has 1 atom stereocenters. The topological polar surface area (TPSA) is 46.5 Å². The first-order valence-corrected chi connectivity index (χ1v) is 6.18. The van der Waals surface area contributed by atoms with Crippen molar-refractivity contribution in [3.63, 3.8) is 0 Å². The molecule has 19 heavy (non-hydrogen) atoms. The summed E-state index contributed by atoms with van der Waals surface area (Å²) in [6, 6.07) is 3.81. The van der Waals surface area contributed by atoms with E-state index in [9.17, 15) is 18.0 Å². The molecule has 0 saturated carbocycles. The fourth-order valence-corrected chi connectivity index (χ4v) is 1.79. The van der Waals surface area contributed by atoms with E-state index in [4.69, 9.17) is 9.84 Å². The maximum absolute atomic E-state index is 13.4. The van der Waals surface area contributed by atoms with Crippen molar-refractivity contribution in [2.45, 2.75) is 25.4 Å². The number of carboxylic acids is 1. The standard InChI is InChI=1S/C12H12BrF3O3/c1-12(15,16)8-6-7(13)2-3-9(8)19-10(4-5-14)11(17)18/h2-3,6,10H,4-5H2,1H3,(H,17,18)/t10-/m0/s1. The molecule has 0 aliphatic heterocycles. The van der Waals surface area contributed by atoms with E-state index < -0.39 is 36.7 Å². The van der Waals surface area contributed by atoms with E-state index >= 15 is 0 Å². The molecule has 1 aromatic rings. The van der Waals surface area contributed by atoms with E-state index in [0.717, 1.165) is 6.07 Å². The molecule has 0 saturated heterocycles. The van der Waals surface area contributed by atoms with Crippen molar-refractivity contribution in [1.82, 2.24) is 0 Å². The fraction of sp³-hybridized carbons (Fsp3) is 0.417. The molecular formula is C12H12BrF3O3. The molecule has 1 N–H and O–H groups in total. The molecule has 0 aliphatic rings. The van der Waals surface area contributed by atoms with Gasteiger partial charge in [-0.3, -0.25) is 4.39 Å². The Morgan fingerprint density at radius 2 is 2.16 bits per heavy atom. The Bertz CT molecular complexity index is 460. The molecule has 0 amide bonds. The fourth-order valence-electron chi connectivity index (χ4n) is 1.43. The highest BCUT2D eigenvalue weighted by Crippen LogP contribution is 2.37. The van der Waals surface area contributed by atoms with Gasteiger partial charge < -0.3 is 9.84 Å². The van der Waals surface area contributed by atoms with Gasteiger partial charge in [-0.2, -0.15) is 0 Å². The third-order valence-electron chi connectivity index (χ3n) is 2.33. The highest BCUT2D eigenvalue weighted by Gasteiger charge is 2.31. The zero-order valence-corrected chi connectivity index (χ0v) is 11.6. The number of aliphatic carboxylic acids is 1. The summed E-state index contributed by atoms with van der Waals surface area (Å²) >= 11 is 3.05. The molecular weight excluding hydrogens is 329 g/mol. The predicted octanol–water partition coefficient (Wildman–Crippen LogP) is 3.75. The van der Waals surface area contributed by atoms with E-state index in [1.54, 1.807) is 0 Å². The lowest BCUT2D eigenvalue weighted by Gasteiger charge is -2.20. The minimum Gasteiger partial charge on any atom is -0.479 e. The maximum atomic E-state index is 13.4. The van der Waals surface area contributed by atoms with Gasteiger partial charge in [-0.25, -0.2) is 13.6 Å². The summed E-state index contributed by atoms with van der Waals surface area (Å²) in [5.74, 6) is -4.86. The van der Waals surface area contributed by atoms with Gasteiger partial charge in [-0.15, -0.1) is 0 Å².